The average molecular weight is 357 g/mol. The van der Waals surface area contributed by atoms with Crippen LogP contribution in [0.15, 0.2) is 24.3 Å². The van der Waals surface area contributed by atoms with E-state index in [4.69, 9.17) is 39.5 Å². The van der Waals surface area contributed by atoms with Gasteiger partial charge in [-0.15, -0.1) is 0 Å². The number of hydrogen-bond donors (Lipinski definition) is 0. The highest BCUT2D eigenvalue weighted by Gasteiger charge is 2.33. The van der Waals surface area contributed by atoms with Crippen molar-refractivity contribution < 1.29 is 17.9 Å². The highest BCUT2D eigenvalue weighted by Crippen LogP contribution is 2.37. The standard InChI is InChI=1S/C13H7Cl3F3NO/c1-21-7-4-10(20-11(5-7)13(17,18)19)6-2-8(14)12(16)9(15)3-6/h2-5H,1H3. The Hall–Kier alpha value is -1.17. The minimum atomic E-state index is -4.59. The molecular formula is C13H7Cl3F3NO. The van der Waals surface area contributed by atoms with Crippen molar-refractivity contribution in [2.75, 3.05) is 7.11 Å². The molecule has 1 heterocycles. The fourth-order valence-corrected chi connectivity index (χ4v) is 2.22. The first kappa shape index (κ1) is 16.2. The molecule has 0 radical (unpaired) electrons. The van der Waals surface area contributed by atoms with E-state index in [1.54, 1.807) is 0 Å². The van der Waals surface area contributed by atoms with Crippen LogP contribution in [0.2, 0.25) is 15.1 Å². The van der Waals surface area contributed by atoms with Crippen LogP contribution in [-0.4, -0.2) is 12.1 Å². The van der Waals surface area contributed by atoms with E-state index in [9.17, 15) is 13.2 Å². The number of halogens is 6. The van der Waals surface area contributed by atoms with Gasteiger partial charge in [-0.3, -0.25) is 0 Å². The fraction of sp³-hybridized carbons (Fsp3) is 0.154. The molecule has 0 amide bonds. The van der Waals surface area contributed by atoms with Gasteiger partial charge in [0.2, 0.25) is 0 Å². The molecule has 2 rings (SSSR count). The van der Waals surface area contributed by atoms with Crippen molar-refractivity contribution in [3.8, 4) is 17.0 Å². The van der Waals surface area contributed by atoms with Gasteiger partial charge < -0.3 is 4.74 Å². The van der Waals surface area contributed by atoms with Crippen molar-refractivity contribution in [1.82, 2.24) is 4.98 Å². The maximum atomic E-state index is 12.8. The second kappa shape index (κ2) is 5.91. The van der Waals surface area contributed by atoms with Crippen molar-refractivity contribution in [3.05, 3.63) is 45.0 Å². The Bertz CT molecular complexity index is 666. The fourth-order valence-electron chi connectivity index (χ4n) is 1.62. The molecule has 0 fully saturated rings. The lowest BCUT2D eigenvalue weighted by Crippen LogP contribution is -2.09. The van der Waals surface area contributed by atoms with Crippen LogP contribution in [0.5, 0.6) is 5.75 Å². The third-order valence-electron chi connectivity index (χ3n) is 2.60. The highest BCUT2D eigenvalue weighted by atomic mass is 35.5. The number of alkyl halides is 3. The predicted octanol–water partition coefficient (Wildman–Crippen LogP) is 5.74. The van der Waals surface area contributed by atoms with Gasteiger partial charge in [0, 0.05) is 17.7 Å². The van der Waals surface area contributed by atoms with E-state index in [1.807, 2.05) is 0 Å². The molecule has 21 heavy (non-hydrogen) atoms. The Morgan fingerprint density at radius 1 is 1.00 bits per heavy atom. The molecule has 1 aromatic carbocycles. The topological polar surface area (TPSA) is 22.1 Å². The number of hydrogen-bond acceptors (Lipinski definition) is 2. The molecule has 0 unspecified atom stereocenters. The zero-order valence-corrected chi connectivity index (χ0v) is 12.7. The summed E-state index contributed by atoms with van der Waals surface area (Å²) in [5.41, 5.74) is -0.736. The molecule has 0 saturated carbocycles. The number of methoxy groups -OCH3 is 1. The van der Waals surface area contributed by atoms with E-state index in [0.717, 1.165) is 6.07 Å². The quantitative estimate of drug-likeness (QED) is 0.640. The van der Waals surface area contributed by atoms with Gasteiger partial charge in [0.15, 0.2) is 0 Å². The summed E-state index contributed by atoms with van der Waals surface area (Å²) in [6, 6.07) is 4.93. The number of ether oxygens (including phenoxy) is 1. The van der Waals surface area contributed by atoms with Crippen LogP contribution in [0.3, 0.4) is 0 Å². The third kappa shape index (κ3) is 3.54. The summed E-state index contributed by atoms with van der Waals surface area (Å²) in [5.74, 6) is 0.0227. The first-order valence-corrected chi connectivity index (χ1v) is 6.64. The SMILES string of the molecule is COc1cc(-c2cc(Cl)c(Cl)c(Cl)c2)nc(C(F)(F)F)c1. The highest BCUT2D eigenvalue weighted by molar-refractivity contribution is 6.48. The van der Waals surface area contributed by atoms with Crippen LogP contribution in [0, 0.1) is 0 Å². The summed E-state index contributed by atoms with van der Waals surface area (Å²) in [6.07, 6.45) is -4.59. The Morgan fingerprint density at radius 3 is 2.05 bits per heavy atom. The molecule has 0 bridgehead atoms. The summed E-state index contributed by atoms with van der Waals surface area (Å²) < 4.78 is 43.4. The van der Waals surface area contributed by atoms with Gasteiger partial charge in [-0.05, 0) is 12.1 Å². The number of rotatable bonds is 2. The van der Waals surface area contributed by atoms with Crippen LogP contribution in [0.1, 0.15) is 5.69 Å². The van der Waals surface area contributed by atoms with Gasteiger partial charge in [0.05, 0.1) is 27.9 Å². The number of nitrogens with zero attached hydrogens (tertiary/aromatic N) is 1. The van der Waals surface area contributed by atoms with E-state index in [2.05, 4.69) is 4.98 Å². The zero-order chi connectivity index (χ0) is 15.8. The average Bonchev–Trinajstić information content (AvgIpc) is 2.42. The van der Waals surface area contributed by atoms with Gasteiger partial charge >= 0.3 is 6.18 Å². The first-order valence-electron chi connectivity index (χ1n) is 5.50. The maximum Gasteiger partial charge on any atom is 0.433 e. The molecule has 0 aliphatic carbocycles. The van der Waals surface area contributed by atoms with Gasteiger partial charge in [0.25, 0.3) is 0 Å². The molecule has 2 nitrogen and oxygen atoms in total. The van der Waals surface area contributed by atoms with Gasteiger partial charge in [0.1, 0.15) is 11.4 Å². The van der Waals surface area contributed by atoms with Crippen molar-refractivity contribution >= 4 is 34.8 Å². The summed E-state index contributed by atoms with van der Waals surface area (Å²) in [4.78, 5) is 3.57. The Balaban J connectivity index is 2.63. The number of aromatic nitrogens is 1. The van der Waals surface area contributed by atoms with Crippen LogP contribution in [0.4, 0.5) is 13.2 Å². The summed E-state index contributed by atoms with van der Waals surface area (Å²) in [7, 11) is 1.26. The lowest BCUT2D eigenvalue weighted by Gasteiger charge is -2.11. The Kier molecular flexibility index (Phi) is 4.56. The molecule has 0 saturated heterocycles. The second-order valence-corrected chi connectivity index (χ2v) is 5.22. The maximum absolute atomic E-state index is 12.8. The summed E-state index contributed by atoms with van der Waals surface area (Å²) in [6.45, 7) is 0. The molecule has 0 atom stereocenters. The lowest BCUT2D eigenvalue weighted by molar-refractivity contribution is -0.141. The van der Waals surface area contributed by atoms with Crippen LogP contribution in [-0.2, 0) is 6.18 Å². The van der Waals surface area contributed by atoms with Crippen LogP contribution in [0.25, 0.3) is 11.3 Å². The monoisotopic (exact) mass is 355 g/mol. The summed E-state index contributed by atoms with van der Waals surface area (Å²) in [5, 5.41) is 0.371. The van der Waals surface area contributed by atoms with Crippen LogP contribution < -0.4 is 4.74 Å². The molecule has 0 N–H and O–H groups in total. The molecule has 1 aromatic heterocycles. The Labute approximate surface area is 133 Å². The molecule has 0 aliphatic heterocycles. The Morgan fingerprint density at radius 2 is 1.57 bits per heavy atom. The molecule has 0 spiro atoms. The molecule has 8 heteroatoms. The molecule has 0 aliphatic rings. The van der Waals surface area contributed by atoms with Crippen molar-refractivity contribution in [2.45, 2.75) is 6.18 Å². The number of pyridine rings is 1. The molecular weight excluding hydrogens is 350 g/mol. The minimum Gasteiger partial charge on any atom is -0.497 e. The second-order valence-electron chi connectivity index (χ2n) is 4.03. The normalized spacial score (nSPS) is 11.6. The lowest BCUT2D eigenvalue weighted by atomic mass is 10.1. The third-order valence-corrected chi connectivity index (χ3v) is 3.80. The predicted molar refractivity (Wildman–Crippen MR) is 76.3 cm³/mol. The summed E-state index contributed by atoms with van der Waals surface area (Å²) >= 11 is 17.6. The van der Waals surface area contributed by atoms with Crippen molar-refractivity contribution in [3.63, 3.8) is 0 Å². The largest absolute Gasteiger partial charge is 0.497 e. The zero-order valence-electron chi connectivity index (χ0n) is 10.4. The van der Waals surface area contributed by atoms with E-state index in [-0.39, 0.29) is 26.5 Å². The molecule has 2 aromatic rings. The van der Waals surface area contributed by atoms with E-state index >= 15 is 0 Å². The van der Waals surface area contributed by atoms with Gasteiger partial charge in [-0.25, -0.2) is 4.98 Å². The first-order chi connectivity index (χ1) is 9.72. The van der Waals surface area contributed by atoms with E-state index in [0.29, 0.717) is 5.56 Å². The van der Waals surface area contributed by atoms with E-state index < -0.39 is 11.9 Å². The number of benzene rings is 1. The van der Waals surface area contributed by atoms with Crippen molar-refractivity contribution in [1.29, 1.82) is 0 Å². The molecule has 112 valence electrons. The van der Waals surface area contributed by atoms with Gasteiger partial charge in [-0.1, -0.05) is 34.8 Å². The van der Waals surface area contributed by atoms with Crippen molar-refractivity contribution in [2.24, 2.45) is 0 Å². The minimum absolute atomic E-state index is 0.0227. The van der Waals surface area contributed by atoms with E-state index in [1.165, 1.54) is 25.3 Å². The smallest absolute Gasteiger partial charge is 0.433 e. The van der Waals surface area contributed by atoms with Crippen LogP contribution >= 0.6 is 34.8 Å². The van der Waals surface area contributed by atoms with Gasteiger partial charge in [-0.2, -0.15) is 13.2 Å².